The van der Waals surface area contributed by atoms with Crippen molar-refractivity contribution in [3.05, 3.63) is 72.1 Å². The van der Waals surface area contributed by atoms with Crippen molar-refractivity contribution < 1.29 is 19.0 Å². The fraction of sp³-hybridized carbons (Fsp3) is 0.273. The highest BCUT2D eigenvalue weighted by molar-refractivity contribution is 5.73. The molecule has 1 aromatic heterocycles. The summed E-state index contributed by atoms with van der Waals surface area (Å²) in [5, 5.41) is 4.20. The van der Waals surface area contributed by atoms with Gasteiger partial charge in [0.2, 0.25) is 0 Å². The summed E-state index contributed by atoms with van der Waals surface area (Å²) in [5.74, 6) is 1.04. The van der Waals surface area contributed by atoms with Crippen molar-refractivity contribution in [2.75, 3.05) is 13.2 Å². The molecular formula is C22H22N2O4. The van der Waals surface area contributed by atoms with E-state index in [1.807, 2.05) is 61.7 Å². The number of benzene rings is 2. The molecule has 0 saturated carbocycles. The zero-order chi connectivity index (χ0) is 19.3. The second kappa shape index (κ2) is 8.17. The van der Waals surface area contributed by atoms with Crippen molar-refractivity contribution in [3.63, 3.8) is 0 Å². The maximum absolute atomic E-state index is 12.5. The molecular weight excluding hydrogens is 356 g/mol. The second-order valence-electron chi connectivity index (χ2n) is 6.64. The molecule has 6 heteroatoms. The minimum absolute atomic E-state index is 0.237. The number of ether oxygens (including phenoxy) is 3. The van der Waals surface area contributed by atoms with Crippen LogP contribution >= 0.6 is 0 Å². The first-order chi connectivity index (χ1) is 13.7. The van der Waals surface area contributed by atoms with E-state index in [9.17, 15) is 4.79 Å². The summed E-state index contributed by atoms with van der Waals surface area (Å²) in [6.45, 7) is 3.11. The smallest absolute Gasteiger partial charge is 0.313 e. The zero-order valence-corrected chi connectivity index (χ0v) is 15.7. The molecule has 1 aliphatic rings. The molecule has 1 unspecified atom stereocenters. The Labute approximate surface area is 163 Å². The lowest BCUT2D eigenvalue weighted by atomic mass is 9.96. The molecule has 28 heavy (non-hydrogen) atoms. The number of esters is 1. The summed E-state index contributed by atoms with van der Waals surface area (Å²) in [6.07, 6.45) is 4.21. The van der Waals surface area contributed by atoms with Crippen LogP contribution < -0.4 is 9.47 Å². The average molecular weight is 378 g/mol. The number of aromatic nitrogens is 2. The Morgan fingerprint density at radius 2 is 2.11 bits per heavy atom. The molecule has 0 N–H and O–H groups in total. The Morgan fingerprint density at radius 1 is 1.25 bits per heavy atom. The van der Waals surface area contributed by atoms with Crippen LogP contribution in [0.5, 0.6) is 11.5 Å². The first-order valence-corrected chi connectivity index (χ1v) is 9.37. The van der Waals surface area contributed by atoms with E-state index in [1.165, 1.54) is 0 Å². The van der Waals surface area contributed by atoms with Gasteiger partial charge < -0.3 is 14.2 Å². The predicted octanol–water partition coefficient (Wildman–Crippen LogP) is 3.57. The van der Waals surface area contributed by atoms with Crippen LogP contribution in [0.4, 0.5) is 0 Å². The van der Waals surface area contributed by atoms with E-state index in [0.717, 1.165) is 28.3 Å². The van der Waals surface area contributed by atoms with Crippen molar-refractivity contribution in [3.8, 4) is 17.2 Å². The predicted molar refractivity (Wildman–Crippen MR) is 104 cm³/mol. The molecule has 6 nitrogen and oxygen atoms in total. The molecule has 2 heterocycles. The van der Waals surface area contributed by atoms with Crippen LogP contribution in [0.15, 0.2) is 60.9 Å². The quantitative estimate of drug-likeness (QED) is 0.614. The molecule has 4 rings (SSSR count). The third-order valence-corrected chi connectivity index (χ3v) is 4.67. The molecule has 3 aromatic rings. The molecule has 0 fully saturated rings. The SMILES string of the molecule is CCOc1ccc2c(c1)CC(C(=O)OCc1ccc(-n3cccn3)cc1)CO2. The molecule has 1 atom stereocenters. The van der Waals surface area contributed by atoms with E-state index in [4.69, 9.17) is 14.2 Å². The topological polar surface area (TPSA) is 62.6 Å². The van der Waals surface area contributed by atoms with Crippen LogP contribution in [0, 0.1) is 5.92 Å². The van der Waals surface area contributed by atoms with Gasteiger partial charge in [-0.2, -0.15) is 5.10 Å². The van der Waals surface area contributed by atoms with E-state index in [2.05, 4.69) is 5.10 Å². The highest BCUT2D eigenvalue weighted by Crippen LogP contribution is 2.31. The van der Waals surface area contributed by atoms with E-state index >= 15 is 0 Å². The van der Waals surface area contributed by atoms with Crippen molar-refractivity contribution >= 4 is 5.97 Å². The maximum Gasteiger partial charge on any atom is 0.313 e. The lowest BCUT2D eigenvalue weighted by Gasteiger charge is -2.24. The van der Waals surface area contributed by atoms with Crippen molar-refractivity contribution in [1.29, 1.82) is 0 Å². The summed E-state index contributed by atoms with van der Waals surface area (Å²) >= 11 is 0. The number of fused-ring (bicyclic) bond motifs is 1. The van der Waals surface area contributed by atoms with Gasteiger partial charge in [-0.25, -0.2) is 4.68 Å². The number of rotatable bonds is 6. The van der Waals surface area contributed by atoms with Crippen LogP contribution in [0.25, 0.3) is 5.69 Å². The monoisotopic (exact) mass is 378 g/mol. The van der Waals surface area contributed by atoms with Crippen molar-refractivity contribution in [2.24, 2.45) is 5.92 Å². The summed E-state index contributed by atoms with van der Waals surface area (Å²) in [5.41, 5.74) is 2.87. The van der Waals surface area contributed by atoms with E-state index in [-0.39, 0.29) is 18.5 Å². The van der Waals surface area contributed by atoms with Crippen LogP contribution in [0.2, 0.25) is 0 Å². The standard InChI is InChI=1S/C22H22N2O4/c1-2-26-20-8-9-21-17(13-20)12-18(15-27-21)22(25)28-14-16-4-6-19(7-5-16)24-11-3-10-23-24/h3-11,13,18H,2,12,14-15H2,1H3. The van der Waals surface area contributed by atoms with E-state index in [0.29, 0.717) is 19.6 Å². The number of carbonyl (C=O) groups excluding carboxylic acids is 1. The number of hydrogen-bond acceptors (Lipinski definition) is 5. The molecule has 0 spiro atoms. The molecule has 144 valence electrons. The third-order valence-electron chi connectivity index (χ3n) is 4.67. The Kier molecular flexibility index (Phi) is 5.28. The summed E-state index contributed by atoms with van der Waals surface area (Å²) in [4.78, 5) is 12.5. The molecule has 0 aliphatic carbocycles. The van der Waals surface area contributed by atoms with E-state index in [1.54, 1.807) is 10.9 Å². The minimum atomic E-state index is -0.312. The lowest BCUT2D eigenvalue weighted by Crippen LogP contribution is -2.29. The second-order valence-corrected chi connectivity index (χ2v) is 6.64. The van der Waals surface area contributed by atoms with Gasteiger partial charge in [0.15, 0.2) is 0 Å². The summed E-state index contributed by atoms with van der Waals surface area (Å²) < 4.78 is 18.6. The molecule has 2 aromatic carbocycles. The van der Waals surface area contributed by atoms with Crippen LogP contribution in [0.1, 0.15) is 18.1 Å². The Morgan fingerprint density at radius 3 is 2.86 bits per heavy atom. The molecule has 0 radical (unpaired) electrons. The minimum Gasteiger partial charge on any atom is -0.494 e. The van der Waals surface area contributed by atoms with E-state index < -0.39 is 0 Å². The fourth-order valence-corrected chi connectivity index (χ4v) is 3.22. The van der Waals surface area contributed by atoms with Gasteiger partial charge in [0.25, 0.3) is 0 Å². The lowest BCUT2D eigenvalue weighted by molar-refractivity contribution is -0.151. The highest BCUT2D eigenvalue weighted by atomic mass is 16.5. The Hall–Kier alpha value is -3.28. The van der Waals surface area contributed by atoms with Gasteiger partial charge in [0.05, 0.1) is 18.2 Å². The number of carbonyl (C=O) groups is 1. The molecule has 0 saturated heterocycles. The van der Waals surface area contributed by atoms with Gasteiger partial charge in [-0.05, 0) is 60.9 Å². The first-order valence-electron chi connectivity index (χ1n) is 9.37. The third kappa shape index (κ3) is 4.01. The van der Waals surface area contributed by atoms with Crippen molar-refractivity contribution in [2.45, 2.75) is 20.0 Å². The van der Waals surface area contributed by atoms with Gasteiger partial charge >= 0.3 is 5.97 Å². The van der Waals surface area contributed by atoms with Crippen LogP contribution in [-0.4, -0.2) is 29.0 Å². The molecule has 0 amide bonds. The van der Waals surface area contributed by atoms with Gasteiger partial charge in [0, 0.05) is 12.4 Å². The number of hydrogen-bond donors (Lipinski definition) is 0. The first kappa shape index (κ1) is 18.1. The average Bonchev–Trinajstić information content (AvgIpc) is 3.27. The summed E-state index contributed by atoms with van der Waals surface area (Å²) in [6, 6.07) is 15.4. The molecule has 1 aliphatic heterocycles. The normalized spacial score (nSPS) is 15.4. The summed E-state index contributed by atoms with van der Waals surface area (Å²) in [7, 11) is 0. The van der Waals surface area contributed by atoms with Crippen LogP contribution in [-0.2, 0) is 22.6 Å². The van der Waals surface area contributed by atoms with Crippen molar-refractivity contribution in [1.82, 2.24) is 9.78 Å². The maximum atomic E-state index is 12.5. The van der Waals surface area contributed by atoms with Gasteiger partial charge in [-0.15, -0.1) is 0 Å². The van der Waals surface area contributed by atoms with Gasteiger partial charge in [0.1, 0.15) is 24.7 Å². The van der Waals surface area contributed by atoms with Gasteiger partial charge in [-0.1, -0.05) is 12.1 Å². The van der Waals surface area contributed by atoms with Crippen LogP contribution in [0.3, 0.4) is 0 Å². The number of nitrogens with zero attached hydrogens (tertiary/aromatic N) is 2. The highest BCUT2D eigenvalue weighted by Gasteiger charge is 2.27. The Bertz CT molecular complexity index is 936. The van der Waals surface area contributed by atoms with Gasteiger partial charge in [-0.3, -0.25) is 4.79 Å². The largest absolute Gasteiger partial charge is 0.494 e. The Balaban J connectivity index is 1.35. The molecule has 0 bridgehead atoms. The zero-order valence-electron chi connectivity index (χ0n) is 15.7. The fourth-order valence-electron chi connectivity index (χ4n) is 3.22.